The number of benzene rings is 2. The van der Waals surface area contributed by atoms with Crippen LogP contribution in [0, 0.1) is 0 Å². The molecule has 1 heterocycles. The van der Waals surface area contributed by atoms with Crippen LogP contribution in [0.25, 0.3) is 11.0 Å². The van der Waals surface area contributed by atoms with Gasteiger partial charge in [0.15, 0.2) is 0 Å². The molecule has 148 valence electrons. The molecule has 0 bridgehead atoms. The van der Waals surface area contributed by atoms with Gasteiger partial charge >= 0.3 is 0 Å². The number of amides is 1. The van der Waals surface area contributed by atoms with Crippen molar-refractivity contribution in [2.45, 2.75) is 37.8 Å². The number of nitrogens with two attached hydrogens (primary N) is 1. The number of aryl methyl sites for hydroxylation is 2. The number of halogens is 1. The standard InChI is InChI=1S/C19H21ClN4O3S/c1-2-24-17-7-6-15(28(21,26)27)11-16(17)23-18(24)8-9-19(25)22-12-13-4-3-5-14(20)10-13/h3-7,10-11H,2,8-9,12H2,1H3,(H,22,25)(H2,21,26,27). The summed E-state index contributed by atoms with van der Waals surface area (Å²) in [5.41, 5.74) is 2.28. The molecule has 9 heteroatoms. The van der Waals surface area contributed by atoms with Gasteiger partial charge in [0.1, 0.15) is 5.82 Å². The first-order valence-electron chi connectivity index (χ1n) is 8.81. The third kappa shape index (κ3) is 4.70. The maximum absolute atomic E-state index is 12.2. The lowest BCUT2D eigenvalue weighted by Gasteiger charge is -2.07. The topological polar surface area (TPSA) is 107 Å². The van der Waals surface area contributed by atoms with Gasteiger partial charge < -0.3 is 9.88 Å². The average Bonchev–Trinajstić information content (AvgIpc) is 3.00. The largest absolute Gasteiger partial charge is 0.352 e. The van der Waals surface area contributed by atoms with Gasteiger partial charge in [-0.3, -0.25) is 4.79 Å². The van der Waals surface area contributed by atoms with Gasteiger partial charge in [-0.1, -0.05) is 23.7 Å². The normalized spacial score (nSPS) is 11.7. The van der Waals surface area contributed by atoms with Crippen molar-refractivity contribution in [2.75, 3.05) is 0 Å². The Hall–Kier alpha value is -2.42. The lowest BCUT2D eigenvalue weighted by atomic mass is 10.2. The quantitative estimate of drug-likeness (QED) is 0.612. The smallest absolute Gasteiger partial charge is 0.238 e. The lowest BCUT2D eigenvalue weighted by Crippen LogP contribution is -2.23. The molecule has 0 spiro atoms. The van der Waals surface area contributed by atoms with Gasteiger partial charge in [0.2, 0.25) is 15.9 Å². The van der Waals surface area contributed by atoms with Gasteiger partial charge in [0, 0.05) is 31.0 Å². The fraction of sp³-hybridized carbons (Fsp3) is 0.263. The zero-order chi connectivity index (χ0) is 20.3. The number of nitrogens with one attached hydrogen (secondary N) is 1. The molecule has 3 rings (SSSR count). The van der Waals surface area contributed by atoms with Crippen LogP contribution >= 0.6 is 11.6 Å². The molecule has 28 heavy (non-hydrogen) atoms. The van der Waals surface area contributed by atoms with E-state index in [1.807, 2.05) is 23.6 Å². The Morgan fingerprint density at radius 3 is 2.71 bits per heavy atom. The molecule has 1 aromatic heterocycles. The Kier molecular flexibility index (Phi) is 6.02. The molecular formula is C19H21ClN4O3S. The number of sulfonamides is 1. The van der Waals surface area contributed by atoms with Crippen molar-refractivity contribution in [3.63, 3.8) is 0 Å². The minimum absolute atomic E-state index is 0.0200. The number of fused-ring (bicyclic) bond motifs is 1. The van der Waals surface area contributed by atoms with Gasteiger partial charge in [-0.25, -0.2) is 18.5 Å². The number of rotatable bonds is 7. The molecule has 0 saturated carbocycles. The number of carbonyl (C=O) groups is 1. The summed E-state index contributed by atoms with van der Waals surface area (Å²) < 4.78 is 25.1. The Morgan fingerprint density at radius 1 is 1.25 bits per heavy atom. The van der Waals surface area contributed by atoms with E-state index in [1.54, 1.807) is 18.2 Å². The maximum atomic E-state index is 12.2. The molecule has 1 amide bonds. The van der Waals surface area contributed by atoms with Gasteiger partial charge in [0.05, 0.1) is 15.9 Å². The molecule has 3 aromatic rings. The molecule has 0 aliphatic carbocycles. The van der Waals surface area contributed by atoms with Crippen LogP contribution in [0.15, 0.2) is 47.4 Å². The van der Waals surface area contributed by atoms with Crippen LogP contribution in [-0.2, 0) is 34.3 Å². The highest BCUT2D eigenvalue weighted by Crippen LogP contribution is 2.21. The molecule has 0 saturated heterocycles. The van der Waals surface area contributed by atoms with E-state index in [4.69, 9.17) is 16.7 Å². The van der Waals surface area contributed by atoms with Crippen LogP contribution in [0.2, 0.25) is 5.02 Å². The van der Waals surface area contributed by atoms with Gasteiger partial charge in [-0.2, -0.15) is 0 Å². The van der Waals surface area contributed by atoms with Crippen molar-refractivity contribution in [1.82, 2.24) is 14.9 Å². The molecule has 7 nitrogen and oxygen atoms in total. The van der Waals surface area contributed by atoms with Crippen LogP contribution in [0.1, 0.15) is 24.7 Å². The van der Waals surface area contributed by atoms with Crippen LogP contribution in [0.4, 0.5) is 0 Å². The van der Waals surface area contributed by atoms with E-state index < -0.39 is 10.0 Å². The minimum Gasteiger partial charge on any atom is -0.352 e. The van der Waals surface area contributed by atoms with E-state index >= 15 is 0 Å². The molecule has 0 fully saturated rings. The average molecular weight is 421 g/mol. The summed E-state index contributed by atoms with van der Waals surface area (Å²) in [5, 5.41) is 8.68. The third-order valence-electron chi connectivity index (χ3n) is 4.40. The predicted octanol–water partition coefficient (Wildman–Crippen LogP) is 2.61. The van der Waals surface area contributed by atoms with Crippen molar-refractivity contribution in [1.29, 1.82) is 0 Å². The molecule has 0 radical (unpaired) electrons. The first kappa shape index (κ1) is 20.3. The lowest BCUT2D eigenvalue weighted by molar-refractivity contribution is -0.121. The van der Waals surface area contributed by atoms with Crippen molar-refractivity contribution in [2.24, 2.45) is 5.14 Å². The number of primary sulfonamides is 1. The van der Waals surface area contributed by atoms with Crippen LogP contribution < -0.4 is 10.5 Å². The first-order chi connectivity index (χ1) is 13.3. The second kappa shape index (κ2) is 8.30. The summed E-state index contributed by atoms with van der Waals surface area (Å²) in [6.45, 7) is 3.03. The molecule has 0 unspecified atom stereocenters. The Labute approximate surface area is 168 Å². The predicted molar refractivity (Wildman–Crippen MR) is 108 cm³/mol. The second-order valence-corrected chi connectivity index (χ2v) is 8.37. The number of imidazole rings is 1. The van der Waals surface area contributed by atoms with Crippen LogP contribution in [-0.4, -0.2) is 23.9 Å². The zero-order valence-corrected chi connectivity index (χ0v) is 16.9. The van der Waals surface area contributed by atoms with E-state index in [-0.39, 0.29) is 17.2 Å². The summed E-state index contributed by atoms with van der Waals surface area (Å²) in [7, 11) is -3.79. The second-order valence-electron chi connectivity index (χ2n) is 6.37. The first-order valence-corrected chi connectivity index (χ1v) is 10.7. The molecule has 0 aliphatic rings. The van der Waals surface area contributed by atoms with E-state index in [0.29, 0.717) is 30.0 Å². The summed E-state index contributed by atoms with van der Waals surface area (Å²) in [6, 6.07) is 11.9. The number of carbonyl (C=O) groups excluding carboxylic acids is 1. The molecule has 0 atom stereocenters. The van der Waals surface area contributed by atoms with Gasteiger partial charge in [-0.15, -0.1) is 0 Å². The summed E-state index contributed by atoms with van der Waals surface area (Å²) in [6.07, 6.45) is 0.709. The van der Waals surface area contributed by atoms with E-state index in [1.165, 1.54) is 12.1 Å². The molecular weight excluding hydrogens is 400 g/mol. The zero-order valence-electron chi connectivity index (χ0n) is 15.4. The Morgan fingerprint density at radius 2 is 2.04 bits per heavy atom. The highest BCUT2D eigenvalue weighted by atomic mass is 35.5. The summed E-state index contributed by atoms with van der Waals surface area (Å²) in [4.78, 5) is 16.7. The number of hydrogen-bond acceptors (Lipinski definition) is 4. The fourth-order valence-corrected chi connectivity index (χ4v) is 3.79. The van der Waals surface area contributed by atoms with E-state index in [9.17, 15) is 13.2 Å². The van der Waals surface area contributed by atoms with Gasteiger partial charge in [-0.05, 0) is 42.8 Å². The summed E-state index contributed by atoms with van der Waals surface area (Å²) >= 11 is 5.94. The number of nitrogens with zero attached hydrogens (tertiary/aromatic N) is 2. The highest BCUT2D eigenvalue weighted by Gasteiger charge is 2.15. The third-order valence-corrected chi connectivity index (χ3v) is 5.54. The van der Waals surface area contributed by atoms with Crippen molar-refractivity contribution < 1.29 is 13.2 Å². The molecule has 3 N–H and O–H groups in total. The maximum Gasteiger partial charge on any atom is 0.238 e. The summed E-state index contributed by atoms with van der Waals surface area (Å²) in [5.74, 6) is 0.627. The number of hydrogen-bond donors (Lipinski definition) is 2. The van der Waals surface area contributed by atoms with Crippen molar-refractivity contribution >= 4 is 38.6 Å². The number of aromatic nitrogens is 2. The van der Waals surface area contributed by atoms with Gasteiger partial charge in [0.25, 0.3) is 0 Å². The molecule has 2 aromatic carbocycles. The van der Waals surface area contributed by atoms with Crippen LogP contribution in [0.3, 0.4) is 0 Å². The van der Waals surface area contributed by atoms with Crippen molar-refractivity contribution in [3.05, 3.63) is 58.9 Å². The fourth-order valence-electron chi connectivity index (χ4n) is 3.04. The van der Waals surface area contributed by atoms with E-state index in [0.717, 1.165) is 16.9 Å². The SMILES string of the molecule is CCn1c(CCC(=O)NCc2cccc(Cl)c2)nc2cc(S(N)(=O)=O)ccc21. The van der Waals surface area contributed by atoms with Crippen molar-refractivity contribution in [3.8, 4) is 0 Å². The van der Waals surface area contributed by atoms with Crippen LogP contribution in [0.5, 0.6) is 0 Å². The Balaban J connectivity index is 1.70. The monoisotopic (exact) mass is 420 g/mol. The Bertz CT molecular complexity index is 1130. The minimum atomic E-state index is -3.79. The highest BCUT2D eigenvalue weighted by molar-refractivity contribution is 7.89. The van der Waals surface area contributed by atoms with E-state index in [2.05, 4.69) is 10.3 Å². The molecule has 0 aliphatic heterocycles.